The van der Waals surface area contributed by atoms with Crippen LogP contribution in [0.2, 0.25) is 0 Å². The molecule has 0 saturated carbocycles. The second kappa shape index (κ2) is 6.14. The molecular weight excluding hydrogens is 334 g/mol. The minimum Gasteiger partial charge on any atom is -0.338 e. The van der Waals surface area contributed by atoms with Crippen LogP contribution in [0.5, 0.6) is 0 Å². The van der Waals surface area contributed by atoms with Gasteiger partial charge in [-0.1, -0.05) is 36.4 Å². The van der Waals surface area contributed by atoms with Crippen LogP contribution in [0.3, 0.4) is 0 Å². The maximum Gasteiger partial charge on any atom is 0.325 e. The first-order chi connectivity index (χ1) is 12.5. The summed E-state index contributed by atoms with van der Waals surface area (Å²) in [6.45, 7) is -0.0384. The Balaban J connectivity index is 1.49. The number of aliphatic imine (C=N–C) groups is 1. The van der Waals surface area contributed by atoms with Crippen LogP contribution < -0.4 is 10.6 Å². The quantitative estimate of drug-likeness (QED) is 0.863. The summed E-state index contributed by atoms with van der Waals surface area (Å²) in [7, 11) is 1.57. The summed E-state index contributed by atoms with van der Waals surface area (Å²) in [5, 5.41) is 7.13. The lowest BCUT2D eigenvalue weighted by atomic mass is 10.1. The molecule has 0 aliphatic carbocycles. The van der Waals surface area contributed by atoms with Gasteiger partial charge in [-0.15, -0.1) is 0 Å². The average Bonchev–Trinajstić information content (AvgIpc) is 3.04. The van der Waals surface area contributed by atoms with Gasteiger partial charge in [0.1, 0.15) is 0 Å². The van der Waals surface area contributed by atoms with Crippen molar-refractivity contribution in [2.24, 2.45) is 4.99 Å². The van der Waals surface area contributed by atoms with Crippen molar-refractivity contribution in [2.45, 2.75) is 12.2 Å². The third-order valence-corrected chi connectivity index (χ3v) is 4.61. The third kappa shape index (κ3) is 2.65. The van der Waals surface area contributed by atoms with Gasteiger partial charge in [-0.3, -0.25) is 14.9 Å². The van der Waals surface area contributed by atoms with Gasteiger partial charge >= 0.3 is 6.03 Å². The van der Waals surface area contributed by atoms with Gasteiger partial charge in [0.25, 0.3) is 5.91 Å². The predicted octanol–water partition coefficient (Wildman–Crippen LogP) is 0.999. The number of carbonyl (C=O) groups is 3. The zero-order chi connectivity index (χ0) is 18.3. The Labute approximate surface area is 149 Å². The maximum atomic E-state index is 12.5. The largest absolute Gasteiger partial charge is 0.338 e. The van der Waals surface area contributed by atoms with E-state index in [-0.39, 0.29) is 12.5 Å². The Hall–Kier alpha value is -3.42. The van der Waals surface area contributed by atoms with E-state index in [9.17, 15) is 14.4 Å². The summed E-state index contributed by atoms with van der Waals surface area (Å²) < 4.78 is 0. The molecule has 2 aromatic rings. The van der Waals surface area contributed by atoms with E-state index < -0.39 is 24.1 Å². The molecular formula is C18H17N5O3. The van der Waals surface area contributed by atoms with Crippen LogP contribution in [0.1, 0.15) is 0 Å². The molecule has 132 valence electrons. The van der Waals surface area contributed by atoms with Crippen LogP contribution in [0.15, 0.2) is 47.5 Å². The van der Waals surface area contributed by atoms with Crippen LogP contribution in [0.25, 0.3) is 10.8 Å². The minimum atomic E-state index is -0.698. The molecule has 2 aliphatic rings. The summed E-state index contributed by atoms with van der Waals surface area (Å²) in [5.74, 6) is -0.714. The number of benzene rings is 2. The van der Waals surface area contributed by atoms with Crippen LogP contribution in [-0.2, 0) is 9.59 Å². The zero-order valence-electron chi connectivity index (χ0n) is 14.0. The highest BCUT2D eigenvalue weighted by molar-refractivity contribution is 6.05. The summed E-state index contributed by atoms with van der Waals surface area (Å²) in [5.41, 5.74) is 0.709. The van der Waals surface area contributed by atoms with E-state index >= 15 is 0 Å². The van der Waals surface area contributed by atoms with Crippen LogP contribution in [0, 0.1) is 0 Å². The Morgan fingerprint density at radius 2 is 1.96 bits per heavy atom. The number of rotatable bonds is 3. The van der Waals surface area contributed by atoms with E-state index in [0.717, 1.165) is 10.8 Å². The van der Waals surface area contributed by atoms with Gasteiger partial charge in [0.15, 0.2) is 12.2 Å². The first-order valence-corrected chi connectivity index (χ1v) is 8.19. The molecule has 2 unspecified atom stereocenters. The first-order valence-electron chi connectivity index (χ1n) is 8.19. The predicted molar refractivity (Wildman–Crippen MR) is 96.7 cm³/mol. The van der Waals surface area contributed by atoms with Gasteiger partial charge in [0.2, 0.25) is 5.91 Å². The molecule has 0 aromatic heterocycles. The highest BCUT2D eigenvalue weighted by atomic mass is 16.2. The topological polar surface area (TPSA) is 94.1 Å². The van der Waals surface area contributed by atoms with Gasteiger partial charge in [0.05, 0.1) is 12.9 Å². The first kappa shape index (κ1) is 16.1. The number of hydrogen-bond acceptors (Lipinski definition) is 5. The van der Waals surface area contributed by atoms with Crippen LogP contribution in [-0.4, -0.2) is 59.8 Å². The van der Waals surface area contributed by atoms with Crippen LogP contribution >= 0.6 is 0 Å². The smallest absolute Gasteiger partial charge is 0.325 e. The molecule has 4 amide bonds. The molecule has 2 aliphatic heterocycles. The molecule has 2 aromatic carbocycles. The number of nitrogens with one attached hydrogen (secondary N) is 2. The number of fused-ring (bicyclic) bond motifs is 2. The number of amides is 4. The Morgan fingerprint density at radius 1 is 1.19 bits per heavy atom. The molecule has 2 heterocycles. The van der Waals surface area contributed by atoms with Gasteiger partial charge in [-0.05, 0) is 11.5 Å². The Kier molecular flexibility index (Phi) is 3.80. The number of hydrogen-bond donors (Lipinski definition) is 2. The van der Waals surface area contributed by atoms with Crippen molar-refractivity contribution >= 4 is 40.6 Å². The fraction of sp³-hybridized carbons (Fsp3) is 0.222. The fourth-order valence-electron chi connectivity index (χ4n) is 3.29. The lowest BCUT2D eigenvalue weighted by Crippen LogP contribution is -2.63. The Bertz CT molecular complexity index is 936. The molecule has 26 heavy (non-hydrogen) atoms. The molecule has 2 atom stereocenters. The van der Waals surface area contributed by atoms with E-state index in [1.165, 1.54) is 11.2 Å². The number of likely N-dealkylation sites (N-methyl/N-ethyl adjacent to an activating group) is 1. The molecule has 0 bridgehead atoms. The molecule has 1 saturated heterocycles. The minimum absolute atomic E-state index is 0.0384. The number of anilines is 1. The monoisotopic (exact) mass is 351 g/mol. The van der Waals surface area contributed by atoms with Crippen molar-refractivity contribution in [3.8, 4) is 0 Å². The van der Waals surface area contributed by atoms with Gasteiger partial charge < -0.3 is 15.1 Å². The highest BCUT2D eigenvalue weighted by Crippen LogP contribution is 2.24. The van der Waals surface area contributed by atoms with E-state index in [1.54, 1.807) is 11.9 Å². The molecule has 1 fully saturated rings. The van der Waals surface area contributed by atoms with Crippen molar-refractivity contribution in [2.75, 3.05) is 18.9 Å². The fourth-order valence-corrected chi connectivity index (χ4v) is 3.29. The normalized spacial score (nSPS) is 21.7. The van der Waals surface area contributed by atoms with E-state index in [1.807, 2.05) is 42.5 Å². The lowest BCUT2D eigenvalue weighted by molar-refractivity contribution is -0.127. The summed E-state index contributed by atoms with van der Waals surface area (Å²) in [6, 6.07) is 12.3. The van der Waals surface area contributed by atoms with Gasteiger partial charge in [0, 0.05) is 18.1 Å². The standard InChI is InChI=1S/C18H17N5O3/c1-22-16-15(17(25)21-18(22)26)23(10-19-16)9-14(24)20-13-8-4-6-11-5-2-3-7-12(11)13/h2-8,10,15-16H,9H2,1H3,(H,20,24)(H,21,25,26). The van der Waals surface area contributed by atoms with Crippen molar-refractivity contribution in [1.29, 1.82) is 0 Å². The molecule has 0 radical (unpaired) electrons. The second-order valence-electron chi connectivity index (χ2n) is 6.28. The zero-order valence-corrected chi connectivity index (χ0v) is 14.0. The van der Waals surface area contributed by atoms with E-state index in [0.29, 0.717) is 5.69 Å². The SMILES string of the molecule is CN1C(=O)NC(=O)C2C1N=CN2CC(=O)Nc1cccc2ccccc12. The number of carbonyl (C=O) groups excluding carboxylic acids is 3. The van der Waals surface area contributed by atoms with Crippen molar-refractivity contribution in [3.05, 3.63) is 42.5 Å². The second-order valence-corrected chi connectivity index (χ2v) is 6.28. The summed E-state index contributed by atoms with van der Waals surface area (Å²) >= 11 is 0. The Morgan fingerprint density at radius 3 is 2.81 bits per heavy atom. The van der Waals surface area contributed by atoms with Crippen molar-refractivity contribution in [1.82, 2.24) is 15.1 Å². The van der Waals surface area contributed by atoms with Crippen LogP contribution in [0.4, 0.5) is 10.5 Å². The summed E-state index contributed by atoms with van der Waals surface area (Å²) in [6.07, 6.45) is 0.841. The number of imide groups is 1. The number of nitrogens with zero attached hydrogens (tertiary/aromatic N) is 3. The van der Waals surface area contributed by atoms with Gasteiger partial charge in [-0.2, -0.15) is 0 Å². The summed E-state index contributed by atoms with van der Waals surface area (Å²) in [4.78, 5) is 43.4. The van der Waals surface area contributed by atoms with Crippen molar-refractivity contribution < 1.29 is 14.4 Å². The average molecular weight is 351 g/mol. The highest BCUT2D eigenvalue weighted by Gasteiger charge is 2.45. The maximum absolute atomic E-state index is 12.5. The lowest BCUT2D eigenvalue weighted by Gasteiger charge is -2.35. The van der Waals surface area contributed by atoms with Gasteiger partial charge in [-0.25, -0.2) is 9.79 Å². The molecule has 4 rings (SSSR count). The molecule has 8 nitrogen and oxygen atoms in total. The van der Waals surface area contributed by atoms with Crippen molar-refractivity contribution in [3.63, 3.8) is 0 Å². The van der Waals surface area contributed by atoms with E-state index in [2.05, 4.69) is 15.6 Å². The number of urea groups is 1. The molecule has 2 N–H and O–H groups in total. The molecule has 8 heteroatoms. The third-order valence-electron chi connectivity index (χ3n) is 4.61. The molecule has 0 spiro atoms. The van der Waals surface area contributed by atoms with E-state index in [4.69, 9.17) is 0 Å².